The highest BCUT2D eigenvalue weighted by Gasteiger charge is 1.37. The summed E-state index contributed by atoms with van der Waals surface area (Å²) in [5, 5.41) is 0. The lowest BCUT2D eigenvalue weighted by Gasteiger charge is -1.48. The van der Waals surface area contributed by atoms with E-state index in [2.05, 4.69) is 96.9 Å². The van der Waals surface area contributed by atoms with Gasteiger partial charge in [0.2, 0.25) is 0 Å². The molecular formula is C57H166. The lowest BCUT2D eigenvalue weighted by atomic mass is 10.6. The molecule has 0 nitrogen and oxygen atoms in total. The van der Waals surface area contributed by atoms with E-state index >= 15 is 0 Å². The number of rotatable bonds is 0. The number of hydrogen-bond donors (Lipinski definition) is 0. The summed E-state index contributed by atoms with van der Waals surface area (Å²) in [4.78, 5) is 0. The Morgan fingerprint density at radius 2 is 0.105 bits per heavy atom. The van der Waals surface area contributed by atoms with Gasteiger partial charge in [-0.2, -0.15) is 0 Å². The van der Waals surface area contributed by atoms with Gasteiger partial charge in [-0.3, -0.25) is 0 Å². The molecule has 0 aliphatic carbocycles. The van der Waals surface area contributed by atoms with Crippen LogP contribution in [0.1, 0.15) is 392 Å². The highest BCUT2D eigenvalue weighted by molar-refractivity contribution is 3.94. The molecule has 394 valence electrons. The summed E-state index contributed by atoms with van der Waals surface area (Å²) in [5.41, 5.74) is 0. The monoisotopic (exact) mass is 851 g/mol. The Labute approximate surface area is 390 Å². The quantitative estimate of drug-likeness (QED) is 0.228. The fourth-order valence-electron chi connectivity index (χ4n) is 0. The predicted molar refractivity (Wildman–Crippen MR) is 318 cm³/mol. The summed E-state index contributed by atoms with van der Waals surface area (Å²) in [6.45, 7) is 97.8. The first-order valence-electron chi connectivity index (χ1n) is 26.9. The van der Waals surface area contributed by atoms with E-state index in [0.29, 0.717) is 0 Å². The van der Waals surface area contributed by atoms with E-state index < -0.39 is 0 Å². The van der Waals surface area contributed by atoms with Crippen LogP contribution in [-0.2, 0) is 0 Å². The molecule has 0 saturated carbocycles. The molecule has 0 fully saturated rings. The van der Waals surface area contributed by atoms with Crippen LogP contribution < -0.4 is 0 Å². The Kier molecular flexibility index (Phi) is 11300. The SMILES string of the molecule is C.C.CC.CC.CC.CC.CC.CC.CC.CC.CC.CC.CC.CC.CC.CC.CC.CC.CC.CCC.CCC.CCC.CCC.CCC.CCC.CCC. The van der Waals surface area contributed by atoms with Crippen LogP contribution in [0, 0.1) is 0 Å². The highest BCUT2D eigenvalue weighted by Crippen LogP contribution is 1.58. The standard InChI is InChI=1S/7C3H8.17C2H6.2CH4/c7*1-3-2;17*1-2;;/h7*3H2,1-2H3;17*1-2H3;2*1H4. The Morgan fingerprint density at radius 3 is 0.105 bits per heavy atom. The highest BCUT2D eigenvalue weighted by atomic mass is 13.4. The first-order valence-corrected chi connectivity index (χ1v) is 26.9. The Balaban J connectivity index is -0.00000000734. The van der Waals surface area contributed by atoms with Crippen molar-refractivity contribution in [1.29, 1.82) is 0 Å². The second-order valence-electron chi connectivity index (χ2n) is 4.95. The van der Waals surface area contributed by atoms with Crippen molar-refractivity contribution >= 4 is 0 Å². The molecule has 0 heteroatoms. The zero-order chi connectivity index (χ0) is 52.9. The fraction of sp³-hybridized carbons (Fsp3) is 1.00. The molecule has 0 aliphatic rings. The molecule has 0 amide bonds. The largest absolute Gasteiger partial charge is 0.0776 e. The first kappa shape index (κ1) is 186. The molecule has 0 N–H and O–H groups in total. The molecule has 57 heavy (non-hydrogen) atoms. The zero-order valence-corrected chi connectivity index (χ0v) is 52.9. The summed E-state index contributed by atoms with van der Waals surface area (Å²) in [6, 6.07) is 0. The van der Waals surface area contributed by atoms with Crippen LogP contribution in [-0.4, -0.2) is 0 Å². The minimum Gasteiger partial charge on any atom is -0.0776 e. The lowest BCUT2D eigenvalue weighted by molar-refractivity contribution is 1.09. The van der Waals surface area contributed by atoms with E-state index in [4.69, 9.17) is 0 Å². The van der Waals surface area contributed by atoms with Gasteiger partial charge < -0.3 is 0 Å². The minimum absolute atomic E-state index is 0. The van der Waals surface area contributed by atoms with Crippen LogP contribution in [0.15, 0.2) is 0 Å². The maximum Gasteiger partial charge on any atom is -0.0590 e. The van der Waals surface area contributed by atoms with E-state index in [-0.39, 0.29) is 14.9 Å². The third-order valence-corrected chi connectivity index (χ3v) is 0. The summed E-state index contributed by atoms with van der Waals surface area (Å²) < 4.78 is 0. The van der Waals surface area contributed by atoms with Crippen LogP contribution >= 0.6 is 0 Å². The molecule has 0 saturated heterocycles. The Morgan fingerprint density at radius 1 is 0.105 bits per heavy atom. The van der Waals surface area contributed by atoms with Crippen LogP contribution in [0.4, 0.5) is 0 Å². The smallest absolute Gasteiger partial charge is 0.0590 e. The summed E-state index contributed by atoms with van der Waals surface area (Å²) in [6.07, 6.45) is 8.75. The Bertz CT molecular complexity index is 19.7. The van der Waals surface area contributed by atoms with Gasteiger partial charge in [-0.05, 0) is 0 Å². The molecule has 0 radical (unpaired) electrons. The van der Waals surface area contributed by atoms with Gasteiger partial charge in [-0.25, -0.2) is 0 Å². The minimum atomic E-state index is 0. The van der Waals surface area contributed by atoms with Gasteiger partial charge in [0.1, 0.15) is 0 Å². The van der Waals surface area contributed by atoms with Crippen molar-refractivity contribution in [2.45, 2.75) is 392 Å². The van der Waals surface area contributed by atoms with Crippen molar-refractivity contribution in [3.05, 3.63) is 0 Å². The van der Waals surface area contributed by atoms with Crippen molar-refractivity contribution in [2.75, 3.05) is 0 Å². The van der Waals surface area contributed by atoms with Gasteiger partial charge in [-0.15, -0.1) is 0 Å². The van der Waals surface area contributed by atoms with Gasteiger partial charge in [0.25, 0.3) is 0 Å². The Hall–Kier alpha value is 0. The van der Waals surface area contributed by atoms with Gasteiger partial charge in [0, 0.05) is 0 Å². The molecule has 0 aromatic rings. The van der Waals surface area contributed by atoms with Crippen molar-refractivity contribution in [3.63, 3.8) is 0 Å². The van der Waals surface area contributed by atoms with Crippen molar-refractivity contribution in [2.24, 2.45) is 0 Å². The second kappa shape index (κ2) is 3460. The molecular weight excluding hydrogens is 685 g/mol. The number of hydrogen-bond acceptors (Lipinski definition) is 0. The van der Waals surface area contributed by atoms with E-state index in [1.807, 2.05) is 235 Å². The maximum atomic E-state index is 2.12. The normalized spacial score (nSPS) is 4.00. The third kappa shape index (κ3) is 0. The van der Waals surface area contributed by atoms with E-state index in [1.54, 1.807) is 0 Å². The van der Waals surface area contributed by atoms with Crippen molar-refractivity contribution < 1.29 is 0 Å². The fourth-order valence-corrected chi connectivity index (χ4v) is 0. The molecule has 0 atom stereocenters. The van der Waals surface area contributed by atoms with Gasteiger partial charge in [0.15, 0.2) is 0 Å². The third-order valence-electron chi connectivity index (χ3n) is 0. The summed E-state index contributed by atoms with van der Waals surface area (Å²) in [7, 11) is 0. The summed E-state index contributed by atoms with van der Waals surface area (Å²) >= 11 is 0. The predicted octanol–water partition coefficient (Wildman–Crippen LogP) is 28.6. The second-order valence-corrected chi connectivity index (χ2v) is 4.95. The van der Waals surface area contributed by atoms with Gasteiger partial charge in [-0.1, -0.05) is 392 Å². The van der Waals surface area contributed by atoms with E-state index in [1.165, 1.54) is 44.9 Å². The summed E-state index contributed by atoms with van der Waals surface area (Å²) in [5.74, 6) is 0. The molecule has 0 aromatic carbocycles. The molecule has 0 unspecified atom stereocenters. The molecule has 0 aliphatic heterocycles. The van der Waals surface area contributed by atoms with Gasteiger partial charge >= 0.3 is 0 Å². The first-order chi connectivity index (χ1) is 26.9. The van der Waals surface area contributed by atoms with Crippen molar-refractivity contribution in [1.82, 2.24) is 0 Å². The van der Waals surface area contributed by atoms with Crippen LogP contribution in [0.25, 0.3) is 0 Å². The molecule has 0 rings (SSSR count). The maximum absolute atomic E-state index is 2.12. The lowest BCUT2D eigenvalue weighted by Crippen LogP contribution is -1.27. The van der Waals surface area contributed by atoms with Crippen LogP contribution in [0.3, 0.4) is 0 Å². The molecule has 0 heterocycles. The van der Waals surface area contributed by atoms with E-state index in [0.717, 1.165) is 0 Å². The van der Waals surface area contributed by atoms with Crippen LogP contribution in [0.5, 0.6) is 0 Å². The van der Waals surface area contributed by atoms with Gasteiger partial charge in [0.05, 0.1) is 0 Å². The average Bonchev–Trinajstić information content (AvgIpc) is 3.32. The van der Waals surface area contributed by atoms with Crippen molar-refractivity contribution in [3.8, 4) is 0 Å². The molecule has 0 aromatic heterocycles. The molecule has 0 bridgehead atoms. The molecule has 0 spiro atoms. The van der Waals surface area contributed by atoms with E-state index in [9.17, 15) is 0 Å². The topological polar surface area (TPSA) is 0 Å². The average molecular weight is 852 g/mol. The van der Waals surface area contributed by atoms with Crippen LogP contribution in [0.2, 0.25) is 0 Å². The zero-order valence-electron chi connectivity index (χ0n) is 52.9.